The molecule has 0 spiro atoms. The molecule has 6 nitrogen and oxygen atoms in total. The number of nitroso groups, excluding NO2 is 1. The molecule has 156 valence electrons. The van der Waals surface area contributed by atoms with E-state index in [-0.39, 0.29) is 0 Å². The topological polar surface area (TPSA) is 71.2 Å². The van der Waals surface area contributed by atoms with E-state index < -0.39 is 0 Å². The lowest BCUT2D eigenvalue weighted by atomic mass is 9.82. The number of piperidine rings is 1. The normalized spacial score (nSPS) is 19.9. The van der Waals surface area contributed by atoms with E-state index >= 15 is 0 Å². The van der Waals surface area contributed by atoms with Crippen LogP contribution in [0.4, 0.5) is 11.4 Å². The zero-order valence-corrected chi connectivity index (χ0v) is 17.5. The molecule has 2 saturated heterocycles. The van der Waals surface area contributed by atoms with Crippen LogP contribution in [0.2, 0.25) is 0 Å². The Morgan fingerprint density at radius 2 is 1.79 bits per heavy atom. The van der Waals surface area contributed by atoms with Crippen LogP contribution in [0.1, 0.15) is 39.5 Å². The molecule has 2 N–H and O–H groups in total. The fourth-order valence-corrected chi connectivity index (χ4v) is 4.15. The van der Waals surface area contributed by atoms with Crippen molar-refractivity contribution in [2.45, 2.75) is 45.1 Å². The van der Waals surface area contributed by atoms with E-state index in [0.29, 0.717) is 12.1 Å². The minimum absolute atomic E-state index is 0.313. The maximum Gasteiger partial charge on any atom is 0.0992 e. The molecular weight excluding hydrogens is 352 g/mol. The predicted octanol–water partition coefficient (Wildman–Crippen LogP) is 4.07. The fraction of sp³-hybridized carbons (Fsp3) is 0.636. The minimum Gasteiger partial charge on any atom is -0.397 e. The highest BCUT2D eigenvalue weighted by Crippen LogP contribution is 2.35. The van der Waals surface area contributed by atoms with E-state index in [1.165, 1.54) is 24.9 Å². The van der Waals surface area contributed by atoms with Gasteiger partial charge in [-0.15, -0.1) is 0 Å². The molecule has 2 aliphatic rings. The zero-order valence-electron chi connectivity index (χ0n) is 17.5. The number of allylic oxidation sites excluding steroid dienone is 1. The van der Waals surface area contributed by atoms with Gasteiger partial charge in [0.05, 0.1) is 31.1 Å². The van der Waals surface area contributed by atoms with Gasteiger partial charge in [0.15, 0.2) is 0 Å². The summed E-state index contributed by atoms with van der Waals surface area (Å²) in [6, 6.07) is 8.23. The van der Waals surface area contributed by atoms with Crippen LogP contribution >= 0.6 is 0 Å². The van der Waals surface area contributed by atoms with Crippen LogP contribution in [-0.4, -0.2) is 56.4 Å². The molecule has 3 rings (SSSR count). The number of benzene rings is 1. The number of nitrogens with zero attached hydrogens (tertiary/aromatic N) is 3. The monoisotopic (exact) mass is 388 g/mol. The molecule has 1 aromatic rings. The molecule has 0 aliphatic carbocycles. The summed E-state index contributed by atoms with van der Waals surface area (Å²) in [4.78, 5) is 14.5. The molecule has 0 bridgehead atoms. The standard InChI is InChI=1S/C17H27N3O.C5H9NO/c1-2-17(20-11-13-21-14-12-20)7-9-19(10-8-17)16-6-4-3-5-15(16)18;1-2-3-4-5-6-7/h3-6H,2,7-14,18H2,1H3;3-4H,2,5H2,1H3/b;4-3-. The van der Waals surface area contributed by atoms with Crippen molar-refractivity contribution < 1.29 is 4.74 Å². The van der Waals surface area contributed by atoms with Crippen molar-refractivity contribution in [1.82, 2.24) is 4.90 Å². The van der Waals surface area contributed by atoms with Gasteiger partial charge < -0.3 is 15.4 Å². The lowest BCUT2D eigenvalue weighted by Crippen LogP contribution is -2.58. The van der Waals surface area contributed by atoms with E-state index in [2.05, 4.69) is 34.0 Å². The highest BCUT2D eigenvalue weighted by atomic mass is 16.5. The molecule has 1 aromatic carbocycles. The average molecular weight is 389 g/mol. The summed E-state index contributed by atoms with van der Waals surface area (Å²) < 4.78 is 5.52. The number of anilines is 2. The van der Waals surface area contributed by atoms with Gasteiger partial charge in [0, 0.05) is 31.7 Å². The number of hydrogen-bond acceptors (Lipinski definition) is 6. The molecular formula is C22H36N4O2. The summed E-state index contributed by atoms with van der Waals surface area (Å²) in [6.07, 6.45) is 8.32. The third-order valence-electron chi connectivity index (χ3n) is 5.89. The molecule has 2 fully saturated rings. The molecule has 2 aliphatic heterocycles. The van der Waals surface area contributed by atoms with Crippen molar-refractivity contribution in [1.29, 1.82) is 0 Å². The Balaban J connectivity index is 0.000000345. The Morgan fingerprint density at radius 3 is 2.36 bits per heavy atom. The van der Waals surface area contributed by atoms with Gasteiger partial charge in [-0.2, -0.15) is 4.91 Å². The van der Waals surface area contributed by atoms with E-state index in [4.69, 9.17) is 10.5 Å². The van der Waals surface area contributed by atoms with Crippen molar-refractivity contribution in [2.75, 3.05) is 56.6 Å². The predicted molar refractivity (Wildman–Crippen MR) is 118 cm³/mol. The van der Waals surface area contributed by atoms with Crippen LogP contribution in [0.25, 0.3) is 0 Å². The molecule has 0 saturated carbocycles. The second kappa shape index (κ2) is 11.8. The Labute approximate surface area is 169 Å². The molecule has 2 heterocycles. The smallest absolute Gasteiger partial charge is 0.0992 e. The van der Waals surface area contributed by atoms with Crippen LogP contribution < -0.4 is 10.6 Å². The molecule has 0 amide bonds. The molecule has 28 heavy (non-hydrogen) atoms. The third kappa shape index (κ3) is 6.04. The van der Waals surface area contributed by atoms with E-state index in [1.807, 2.05) is 25.1 Å². The van der Waals surface area contributed by atoms with Gasteiger partial charge in [0.2, 0.25) is 0 Å². The average Bonchev–Trinajstić information content (AvgIpc) is 2.76. The van der Waals surface area contributed by atoms with Crippen molar-refractivity contribution >= 4 is 11.4 Å². The lowest BCUT2D eigenvalue weighted by molar-refractivity contribution is -0.0340. The molecule has 0 atom stereocenters. The Kier molecular flexibility index (Phi) is 9.44. The summed E-state index contributed by atoms with van der Waals surface area (Å²) >= 11 is 0. The second-order valence-corrected chi connectivity index (χ2v) is 7.41. The van der Waals surface area contributed by atoms with Gasteiger partial charge in [-0.1, -0.05) is 43.3 Å². The quantitative estimate of drug-likeness (QED) is 0.452. The summed E-state index contributed by atoms with van der Waals surface area (Å²) in [6.45, 7) is 10.8. The maximum atomic E-state index is 9.38. The van der Waals surface area contributed by atoms with Gasteiger partial charge in [0.1, 0.15) is 0 Å². The van der Waals surface area contributed by atoms with Gasteiger partial charge >= 0.3 is 0 Å². The largest absolute Gasteiger partial charge is 0.397 e. The minimum atomic E-state index is 0.313. The number of hydrogen-bond donors (Lipinski definition) is 1. The fourth-order valence-electron chi connectivity index (χ4n) is 4.15. The number of morpholine rings is 1. The van der Waals surface area contributed by atoms with Crippen molar-refractivity contribution in [2.24, 2.45) is 5.18 Å². The van der Waals surface area contributed by atoms with Gasteiger partial charge in [-0.05, 0) is 37.8 Å². The summed E-state index contributed by atoms with van der Waals surface area (Å²) in [5.74, 6) is 0. The highest BCUT2D eigenvalue weighted by molar-refractivity contribution is 5.67. The Bertz CT molecular complexity index is 606. The van der Waals surface area contributed by atoms with Crippen LogP contribution in [0.15, 0.2) is 41.6 Å². The van der Waals surface area contributed by atoms with Crippen molar-refractivity contribution in [3.63, 3.8) is 0 Å². The van der Waals surface area contributed by atoms with Crippen LogP contribution in [0.3, 0.4) is 0 Å². The van der Waals surface area contributed by atoms with Crippen LogP contribution in [-0.2, 0) is 4.74 Å². The van der Waals surface area contributed by atoms with E-state index in [1.54, 1.807) is 6.08 Å². The molecule has 0 aromatic heterocycles. The second-order valence-electron chi connectivity index (χ2n) is 7.41. The molecule has 6 heteroatoms. The zero-order chi connectivity index (χ0) is 20.2. The maximum absolute atomic E-state index is 9.38. The first kappa shape index (κ1) is 22.4. The highest BCUT2D eigenvalue weighted by Gasteiger charge is 2.39. The third-order valence-corrected chi connectivity index (χ3v) is 5.89. The van der Waals surface area contributed by atoms with E-state index in [0.717, 1.165) is 51.5 Å². The summed E-state index contributed by atoms with van der Waals surface area (Å²) in [7, 11) is 0. The van der Waals surface area contributed by atoms with Gasteiger partial charge in [-0.25, -0.2) is 0 Å². The summed E-state index contributed by atoms with van der Waals surface area (Å²) in [5, 5.41) is 2.64. The number of rotatable bonds is 6. The molecule has 0 radical (unpaired) electrons. The van der Waals surface area contributed by atoms with Crippen molar-refractivity contribution in [3.05, 3.63) is 41.3 Å². The van der Waals surface area contributed by atoms with Crippen molar-refractivity contribution in [3.8, 4) is 0 Å². The first-order chi connectivity index (χ1) is 13.7. The number of nitrogen functional groups attached to an aromatic ring is 1. The molecule has 0 unspecified atom stereocenters. The lowest BCUT2D eigenvalue weighted by Gasteiger charge is -2.50. The Morgan fingerprint density at radius 1 is 1.11 bits per heavy atom. The number of para-hydroxylation sites is 2. The van der Waals surface area contributed by atoms with E-state index in [9.17, 15) is 4.91 Å². The Hall–Kier alpha value is -1.92. The first-order valence-electron chi connectivity index (χ1n) is 10.5. The van der Waals surface area contributed by atoms with Gasteiger partial charge in [0.25, 0.3) is 0 Å². The summed E-state index contributed by atoms with van der Waals surface area (Å²) in [5.41, 5.74) is 8.59. The first-order valence-corrected chi connectivity index (χ1v) is 10.5. The van der Waals surface area contributed by atoms with Crippen LogP contribution in [0.5, 0.6) is 0 Å². The number of nitrogens with two attached hydrogens (primary N) is 1. The van der Waals surface area contributed by atoms with Gasteiger partial charge in [-0.3, -0.25) is 4.90 Å². The SMILES string of the molecule is CC/C=C\CN=O.CCC1(N2CCOCC2)CCN(c2ccccc2N)CC1. The number of ether oxygens (including phenoxy) is 1. The van der Waals surface area contributed by atoms with Crippen LogP contribution in [0, 0.1) is 4.91 Å².